The third kappa shape index (κ3) is 3.44. The summed E-state index contributed by atoms with van der Waals surface area (Å²) >= 11 is 0. The van der Waals surface area contributed by atoms with Gasteiger partial charge in [0.15, 0.2) is 30.8 Å². The Kier molecular flexibility index (Phi) is 4.53. The van der Waals surface area contributed by atoms with Gasteiger partial charge < -0.3 is 19.1 Å². The van der Waals surface area contributed by atoms with Crippen LogP contribution in [0.25, 0.3) is 5.65 Å². The summed E-state index contributed by atoms with van der Waals surface area (Å²) < 4.78 is 19.0. The predicted octanol–water partition coefficient (Wildman–Crippen LogP) is 1.18. The van der Waals surface area contributed by atoms with E-state index in [1.165, 1.54) is 16.8 Å². The lowest BCUT2D eigenvalue weighted by molar-refractivity contribution is 0.124. The van der Waals surface area contributed by atoms with E-state index in [9.17, 15) is 4.79 Å². The molecular weight excluding hydrogens is 383 g/mol. The molecule has 0 radical (unpaired) electrons. The Labute approximate surface area is 174 Å². The van der Waals surface area contributed by atoms with Crippen molar-refractivity contribution in [3.05, 3.63) is 52.4 Å². The first-order valence-corrected chi connectivity index (χ1v) is 10.2. The number of hydrogen-bond donors (Lipinski definition) is 0. The van der Waals surface area contributed by atoms with Crippen molar-refractivity contribution in [1.82, 2.24) is 14.6 Å². The number of ether oxygens (including phenoxy) is 3. The van der Waals surface area contributed by atoms with Crippen LogP contribution in [0.2, 0.25) is 0 Å². The van der Waals surface area contributed by atoms with E-state index in [1.807, 2.05) is 31.2 Å². The maximum atomic E-state index is 12.1. The highest BCUT2D eigenvalue weighted by Gasteiger charge is 2.33. The molecule has 9 heteroatoms. The first-order chi connectivity index (χ1) is 14.5. The number of piperidine rings is 1. The lowest BCUT2D eigenvalue weighted by Gasteiger charge is -2.40. The van der Waals surface area contributed by atoms with Crippen LogP contribution in [0, 0.1) is 6.92 Å². The average molecular weight is 406 g/mol. The van der Waals surface area contributed by atoms with Gasteiger partial charge in [0.25, 0.3) is 5.56 Å². The summed E-state index contributed by atoms with van der Waals surface area (Å²) in [5.41, 5.74) is 1.10. The fraction of sp³-hybridized carbons (Fsp3) is 0.381. The highest BCUT2D eigenvalue weighted by molar-refractivity contribution is 6.14. The van der Waals surface area contributed by atoms with E-state index in [-0.39, 0.29) is 11.1 Å². The van der Waals surface area contributed by atoms with E-state index < -0.39 is 0 Å². The van der Waals surface area contributed by atoms with E-state index >= 15 is 0 Å². The van der Waals surface area contributed by atoms with E-state index in [0.717, 1.165) is 54.6 Å². The second kappa shape index (κ2) is 7.23. The molecule has 3 aromatic rings. The maximum absolute atomic E-state index is 12.1. The van der Waals surface area contributed by atoms with Gasteiger partial charge >= 0.3 is 0 Å². The average Bonchev–Trinajstić information content (AvgIpc) is 2.74. The molecule has 2 aromatic heterocycles. The van der Waals surface area contributed by atoms with Crippen LogP contribution in [0.5, 0.6) is 17.2 Å². The molecule has 0 atom stereocenters. The van der Waals surface area contributed by atoms with Gasteiger partial charge in [0.2, 0.25) is 0 Å². The molecule has 1 aromatic carbocycles. The van der Waals surface area contributed by atoms with Gasteiger partial charge in [0, 0.05) is 31.4 Å². The van der Waals surface area contributed by atoms with Gasteiger partial charge in [-0.15, -0.1) is 5.10 Å². The summed E-state index contributed by atoms with van der Waals surface area (Å²) in [6.45, 7) is 4.70. The minimum Gasteiger partial charge on any atom is -0.496 e. The molecule has 1 saturated heterocycles. The summed E-state index contributed by atoms with van der Waals surface area (Å²) in [4.78, 5) is 18.6. The first-order valence-electron chi connectivity index (χ1n) is 10.2. The number of fused-ring (bicyclic) bond motifs is 2. The quantitative estimate of drug-likeness (QED) is 0.605. The summed E-state index contributed by atoms with van der Waals surface area (Å²) in [7, 11) is 2.14. The second-order valence-corrected chi connectivity index (χ2v) is 8.05. The fourth-order valence-electron chi connectivity index (χ4n) is 4.02. The Morgan fingerprint density at radius 2 is 1.87 bits per heavy atom. The monoisotopic (exact) mass is 406 g/mol. The Balaban J connectivity index is 1.32. The number of nitrogens with zero attached hydrogens (tertiary/aromatic N) is 4. The van der Waals surface area contributed by atoms with Crippen LogP contribution in [-0.4, -0.2) is 54.2 Å². The van der Waals surface area contributed by atoms with Crippen LogP contribution in [0.1, 0.15) is 18.4 Å². The molecule has 0 unspecified atom stereocenters. The van der Waals surface area contributed by atoms with Gasteiger partial charge in [0.1, 0.15) is 19.0 Å². The highest BCUT2D eigenvalue weighted by Crippen LogP contribution is 2.36. The molecule has 0 aliphatic carbocycles. The Bertz CT molecular complexity index is 1160. The van der Waals surface area contributed by atoms with Crippen molar-refractivity contribution in [3.63, 3.8) is 0 Å². The van der Waals surface area contributed by atoms with E-state index in [1.54, 1.807) is 0 Å². The highest BCUT2D eigenvalue weighted by atomic mass is 16.6. The molecule has 0 N–H and O–H groups in total. The molecule has 2 aliphatic rings. The third-order valence-electron chi connectivity index (χ3n) is 5.74. The van der Waals surface area contributed by atoms with Crippen LogP contribution in [0.4, 0.5) is 5.82 Å². The molecule has 4 heterocycles. The van der Waals surface area contributed by atoms with Gasteiger partial charge in [-0.2, -0.15) is 4.52 Å². The Morgan fingerprint density at radius 3 is 2.67 bits per heavy atom. The number of benzene rings is 1. The largest absolute Gasteiger partial charge is 0.496 e. The molecule has 5 rings (SSSR count). The molecule has 0 spiro atoms. The van der Waals surface area contributed by atoms with Gasteiger partial charge in [-0.3, -0.25) is 4.79 Å². The second-order valence-electron chi connectivity index (χ2n) is 8.05. The van der Waals surface area contributed by atoms with Crippen LogP contribution in [0.15, 0.2) is 41.3 Å². The predicted molar refractivity (Wildman–Crippen MR) is 115 cm³/mol. The lowest BCUT2D eigenvalue weighted by atomic mass is 9.73. The topological polar surface area (TPSA) is 78.2 Å². The normalized spacial score (nSPS) is 17.7. The zero-order chi connectivity index (χ0) is 20.7. The summed E-state index contributed by atoms with van der Waals surface area (Å²) in [5, 5.41) is 4.57. The minimum atomic E-state index is -0.288. The minimum absolute atomic E-state index is 0.176. The Morgan fingerprint density at radius 1 is 1.10 bits per heavy atom. The van der Waals surface area contributed by atoms with Gasteiger partial charge in [-0.05, 0) is 43.5 Å². The van der Waals surface area contributed by atoms with Crippen LogP contribution < -0.4 is 24.7 Å². The van der Waals surface area contributed by atoms with Gasteiger partial charge in [-0.1, -0.05) is 0 Å². The van der Waals surface area contributed by atoms with E-state index in [0.29, 0.717) is 18.9 Å². The molecule has 8 nitrogen and oxygen atoms in total. The zero-order valence-electron chi connectivity index (χ0n) is 17.1. The third-order valence-corrected chi connectivity index (χ3v) is 5.74. The molecule has 1 fully saturated rings. The number of aryl methyl sites for hydroxylation is 1. The van der Waals surface area contributed by atoms with Crippen LogP contribution >= 0.6 is 0 Å². The number of rotatable bonds is 3. The zero-order valence-corrected chi connectivity index (χ0v) is 17.1. The summed E-state index contributed by atoms with van der Waals surface area (Å²) in [6.07, 6.45) is 3.19. The van der Waals surface area contributed by atoms with Crippen LogP contribution in [0.3, 0.4) is 0 Å². The molecule has 154 valence electrons. The number of hydrogen-bond acceptors (Lipinski definition) is 7. The van der Waals surface area contributed by atoms with Crippen molar-refractivity contribution in [3.8, 4) is 17.2 Å². The van der Waals surface area contributed by atoms with Gasteiger partial charge in [0.05, 0.1) is 5.50 Å². The van der Waals surface area contributed by atoms with Crippen molar-refractivity contribution < 1.29 is 14.2 Å². The standard InChI is InChI=1S/C21H23BN4O4/c1-14-12-18-23-7-4-19(27)26(18)24-20(14)25-8-5-21(22,6-9-25)30-15-2-3-16-17(13-15)29-11-10-28-16/h2-4,7,12-13H,5-6,8-11,22H2,1H3. The SMILES string of the molecule is BC1(Oc2ccc3c(c2)OCCO3)CCN(c2nn3c(=O)ccnc3cc2C)CC1. The molecule has 0 amide bonds. The van der Waals surface area contributed by atoms with Crippen molar-refractivity contribution in [2.45, 2.75) is 25.3 Å². The van der Waals surface area contributed by atoms with Crippen molar-refractivity contribution in [2.24, 2.45) is 0 Å². The van der Waals surface area contributed by atoms with Crippen molar-refractivity contribution in [1.29, 1.82) is 0 Å². The summed E-state index contributed by atoms with van der Waals surface area (Å²) in [6, 6.07) is 9.06. The molecule has 0 bridgehead atoms. The van der Waals surface area contributed by atoms with Gasteiger partial charge in [-0.25, -0.2) is 4.98 Å². The Hall–Kier alpha value is -3.23. The molecular formula is C21H23BN4O4. The summed E-state index contributed by atoms with van der Waals surface area (Å²) in [5.74, 6) is 3.10. The van der Waals surface area contributed by atoms with Crippen LogP contribution in [-0.2, 0) is 0 Å². The fourth-order valence-corrected chi connectivity index (χ4v) is 4.02. The maximum Gasteiger partial charge on any atom is 0.274 e. The lowest BCUT2D eigenvalue weighted by Crippen LogP contribution is -2.49. The number of anilines is 1. The smallest absolute Gasteiger partial charge is 0.274 e. The molecule has 0 saturated carbocycles. The van der Waals surface area contributed by atoms with Crippen molar-refractivity contribution >= 4 is 19.3 Å². The first kappa shape index (κ1) is 18.8. The molecule has 30 heavy (non-hydrogen) atoms. The molecule has 2 aliphatic heterocycles. The van der Waals surface area contributed by atoms with Crippen molar-refractivity contribution in [2.75, 3.05) is 31.2 Å². The number of aromatic nitrogens is 3. The van der Waals surface area contributed by atoms with E-state index in [4.69, 9.17) is 14.2 Å². The van der Waals surface area contributed by atoms with E-state index in [2.05, 4.69) is 22.8 Å².